The highest BCUT2D eigenvalue weighted by atomic mass is 35.5. The van der Waals surface area contributed by atoms with Crippen molar-refractivity contribution in [2.24, 2.45) is 5.73 Å². The molecule has 0 radical (unpaired) electrons. The maximum atomic E-state index is 15.0. The van der Waals surface area contributed by atoms with E-state index in [0.717, 1.165) is 0 Å². The van der Waals surface area contributed by atoms with Crippen LogP contribution in [-0.2, 0) is 4.79 Å². The number of nitrogens with one attached hydrogen (secondary N) is 1. The summed E-state index contributed by atoms with van der Waals surface area (Å²) in [5, 5.41) is 3.28. The second-order valence-corrected chi connectivity index (χ2v) is 6.29. The third-order valence-electron chi connectivity index (χ3n) is 3.70. The quantitative estimate of drug-likeness (QED) is 0.647. The summed E-state index contributed by atoms with van der Waals surface area (Å²) in [7, 11) is 0. The Morgan fingerprint density at radius 1 is 1.38 bits per heavy atom. The fourth-order valence-corrected chi connectivity index (χ4v) is 2.70. The van der Waals surface area contributed by atoms with Crippen LogP contribution in [0.4, 0.5) is 10.1 Å². The smallest absolute Gasteiger partial charge is 0.322 e. The number of halogens is 2. The van der Waals surface area contributed by atoms with Crippen molar-refractivity contribution >= 4 is 23.2 Å². The fraction of sp³-hybridized carbons (Fsp3) is 0.353. The minimum absolute atomic E-state index is 0.0692. The standard InChI is InChI=1S/C17H21ClFN5O2/c1-3-13(24-9(2)6-14(21)25)11-4-5-12(18)16(15(11)19)26-17-22-7-10(20)8-23-17/h4-5,7-9,13,24H,3,6,20H2,1-2H3,(H2,21,25)/t9-,13+/m0/s1. The molecule has 0 spiro atoms. The van der Waals surface area contributed by atoms with Crippen molar-refractivity contribution in [3.05, 3.63) is 40.9 Å². The monoisotopic (exact) mass is 381 g/mol. The van der Waals surface area contributed by atoms with E-state index < -0.39 is 11.7 Å². The Bertz CT molecular complexity index is 772. The first kappa shape index (κ1) is 19.9. The zero-order valence-corrected chi connectivity index (χ0v) is 15.3. The molecule has 0 aliphatic carbocycles. The Labute approximate surface area is 155 Å². The number of primary amides is 1. The predicted octanol–water partition coefficient (Wildman–Crippen LogP) is 2.95. The normalized spacial score (nSPS) is 13.2. The van der Waals surface area contributed by atoms with E-state index in [4.69, 9.17) is 27.8 Å². The lowest BCUT2D eigenvalue weighted by Gasteiger charge is -2.23. The summed E-state index contributed by atoms with van der Waals surface area (Å²) in [6.45, 7) is 3.70. The van der Waals surface area contributed by atoms with Gasteiger partial charge in [-0.05, 0) is 19.4 Å². The molecule has 0 bridgehead atoms. The third-order valence-corrected chi connectivity index (χ3v) is 3.99. The topological polar surface area (TPSA) is 116 Å². The van der Waals surface area contributed by atoms with Gasteiger partial charge in [-0.2, -0.15) is 0 Å². The highest BCUT2D eigenvalue weighted by Gasteiger charge is 2.22. The SMILES string of the molecule is CC[C@@H](N[C@@H](C)CC(N)=O)c1ccc(Cl)c(Oc2ncc(N)cn2)c1F. The Kier molecular flexibility index (Phi) is 6.70. The Morgan fingerprint density at radius 2 is 2.04 bits per heavy atom. The summed E-state index contributed by atoms with van der Waals surface area (Å²) in [6.07, 6.45) is 3.42. The second-order valence-electron chi connectivity index (χ2n) is 5.88. The van der Waals surface area contributed by atoms with Gasteiger partial charge in [0.15, 0.2) is 11.6 Å². The summed E-state index contributed by atoms with van der Waals surface area (Å²) in [5.41, 5.74) is 11.4. The van der Waals surface area contributed by atoms with E-state index in [0.29, 0.717) is 17.7 Å². The zero-order valence-electron chi connectivity index (χ0n) is 14.5. The lowest BCUT2D eigenvalue weighted by atomic mass is 10.0. The van der Waals surface area contributed by atoms with Gasteiger partial charge in [0.05, 0.1) is 23.1 Å². The van der Waals surface area contributed by atoms with Crippen molar-refractivity contribution in [2.75, 3.05) is 5.73 Å². The molecular weight excluding hydrogens is 361 g/mol. The van der Waals surface area contributed by atoms with Crippen LogP contribution in [0.3, 0.4) is 0 Å². The number of benzene rings is 1. The van der Waals surface area contributed by atoms with Crippen molar-refractivity contribution in [3.8, 4) is 11.8 Å². The number of carbonyl (C=O) groups is 1. The van der Waals surface area contributed by atoms with Crippen LogP contribution in [0.2, 0.25) is 5.02 Å². The maximum absolute atomic E-state index is 15.0. The molecule has 0 fully saturated rings. The van der Waals surface area contributed by atoms with Crippen molar-refractivity contribution in [3.63, 3.8) is 0 Å². The Morgan fingerprint density at radius 3 is 2.62 bits per heavy atom. The summed E-state index contributed by atoms with van der Waals surface area (Å²) < 4.78 is 20.4. The molecular formula is C17H21ClFN5O2. The van der Waals surface area contributed by atoms with Crippen LogP contribution in [-0.4, -0.2) is 21.9 Å². The van der Waals surface area contributed by atoms with Crippen molar-refractivity contribution in [1.82, 2.24) is 15.3 Å². The number of hydrogen-bond acceptors (Lipinski definition) is 6. The van der Waals surface area contributed by atoms with Gasteiger partial charge in [0.2, 0.25) is 5.91 Å². The van der Waals surface area contributed by atoms with E-state index in [1.54, 1.807) is 13.0 Å². The number of anilines is 1. The predicted molar refractivity (Wildman–Crippen MR) is 97.4 cm³/mol. The number of carbonyl (C=O) groups excluding carboxylic acids is 1. The zero-order chi connectivity index (χ0) is 19.3. The maximum Gasteiger partial charge on any atom is 0.322 e. The van der Waals surface area contributed by atoms with Gasteiger partial charge in [0.25, 0.3) is 0 Å². The Hall–Kier alpha value is -2.45. The summed E-state index contributed by atoms with van der Waals surface area (Å²) in [4.78, 5) is 18.8. The molecule has 0 unspecified atom stereocenters. The average molecular weight is 382 g/mol. The molecule has 7 nitrogen and oxygen atoms in total. The minimum atomic E-state index is -0.622. The van der Waals surface area contributed by atoms with Crippen LogP contribution in [0, 0.1) is 5.82 Å². The van der Waals surface area contributed by atoms with Gasteiger partial charge in [0.1, 0.15) is 0 Å². The van der Waals surface area contributed by atoms with Gasteiger partial charge in [-0.3, -0.25) is 4.79 Å². The Balaban J connectivity index is 2.28. The molecule has 0 saturated heterocycles. The molecule has 1 aromatic heterocycles. The number of nitrogens with zero attached hydrogens (tertiary/aromatic N) is 2. The highest BCUT2D eigenvalue weighted by Crippen LogP contribution is 2.35. The van der Waals surface area contributed by atoms with Crippen LogP contribution in [0.25, 0.3) is 0 Å². The van der Waals surface area contributed by atoms with Crippen molar-refractivity contribution < 1.29 is 13.9 Å². The lowest BCUT2D eigenvalue weighted by molar-refractivity contribution is -0.118. The van der Waals surface area contributed by atoms with E-state index >= 15 is 4.39 Å². The van der Waals surface area contributed by atoms with E-state index in [1.807, 2.05) is 6.92 Å². The van der Waals surface area contributed by atoms with E-state index in [-0.39, 0.29) is 35.3 Å². The van der Waals surface area contributed by atoms with Gasteiger partial charge in [0, 0.05) is 24.1 Å². The molecule has 1 amide bonds. The van der Waals surface area contributed by atoms with Gasteiger partial charge in [-0.25, -0.2) is 14.4 Å². The number of nitrogens with two attached hydrogens (primary N) is 2. The molecule has 0 aliphatic rings. The van der Waals surface area contributed by atoms with Crippen LogP contribution >= 0.6 is 11.6 Å². The van der Waals surface area contributed by atoms with Crippen LogP contribution in [0.15, 0.2) is 24.5 Å². The van der Waals surface area contributed by atoms with Crippen molar-refractivity contribution in [1.29, 1.82) is 0 Å². The van der Waals surface area contributed by atoms with Gasteiger partial charge in [-0.1, -0.05) is 24.6 Å². The second kappa shape index (κ2) is 8.77. The first-order valence-electron chi connectivity index (χ1n) is 8.09. The van der Waals surface area contributed by atoms with Crippen LogP contribution in [0.1, 0.15) is 38.3 Å². The molecule has 1 aromatic carbocycles. The van der Waals surface area contributed by atoms with E-state index in [2.05, 4.69) is 15.3 Å². The molecule has 2 rings (SSSR count). The van der Waals surface area contributed by atoms with Crippen LogP contribution in [0.5, 0.6) is 11.8 Å². The molecule has 26 heavy (non-hydrogen) atoms. The number of amides is 1. The van der Waals surface area contributed by atoms with Gasteiger partial charge < -0.3 is 21.5 Å². The lowest BCUT2D eigenvalue weighted by Crippen LogP contribution is -2.34. The first-order chi connectivity index (χ1) is 12.3. The number of aromatic nitrogens is 2. The van der Waals surface area contributed by atoms with Gasteiger partial charge >= 0.3 is 6.01 Å². The summed E-state index contributed by atoms with van der Waals surface area (Å²) in [6, 6.07) is 2.48. The molecule has 5 N–H and O–H groups in total. The summed E-state index contributed by atoms with van der Waals surface area (Å²) >= 11 is 6.08. The molecule has 2 aromatic rings. The third kappa shape index (κ3) is 5.03. The van der Waals surface area contributed by atoms with Gasteiger partial charge in [-0.15, -0.1) is 0 Å². The van der Waals surface area contributed by atoms with E-state index in [9.17, 15) is 4.79 Å². The first-order valence-corrected chi connectivity index (χ1v) is 8.47. The molecule has 9 heteroatoms. The number of nitrogen functional groups attached to an aromatic ring is 1. The highest BCUT2D eigenvalue weighted by molar-refractivity contribution is 6.32. The van der Waals surface area contributed by atoms with E-state index in [1.165, 1.54) is 18.5 Å². The summed E-state index contributed by atoms with van der Waals surface area (Å²) in [5.74, 6) is -1.22. The average Bonchev–Trinajstić information content (AvgIpc) is 2.58. The fourth-order valence-electron chi connectivity index (χ4n) is 2.51. The molecule has 2 atom stereocenters. The molecule has 0 aliphatic heterocycles. The number of ether oxygens (including phenoxy) is 1. The number of hydrogen-bond donors (Lipinski definition) is 3. The van der Waals surface area contributed by atoms with Crippen molar-refractivity contribution in [2.45, 2.75) is 38.8 Å². The molecule has 0 saturated carbocycles. The molecule has 140 valence electrons. The number of rotatable bonds is 8. The molecule has 1 heterocycles. The largest absolute Gasteiger partial charge is 0.420 e. The minimum Gasteiger partial charge on any atom is -0.420 e. The van der Waals surface area contributed by atoms with Crippen LogP contribution < -0.4 is 21.5 Å².